The van der Waals surface area contributed by atoms with Gasteiger partial charge in [0.1, 0.15) is 0 Å². The van der Waals surface area contributed by atoms with Crippen molar-refractivity contribution in [2.45, 2.75) is 6.92 Å². The molecule has 0 aliphatic rings. The molecule has 0 saturated heterocycles. The van der Waals surface area contributed by atoms with Gasteiger partial charge in [-0.3, -0.25) is 0 Å². The van der Waals surface area contributed by atoms with Crippen LogP contribution in [0.1, 0.15) is 5.56 Å². The number of para-hydroxylation sites is 1. The summed E-state index contributed by atoms with van der Waals surface area (Å²) in [6.07, 6.45) is 0. The molecular formula is C21H17N. The quantitative estimate of drug-likeness (QED) is 0.442. The summed E-state index contributed by atoms with van der Waals surface area (Å²) in [6.45, 7) is 2.13. The molecule has 0 aromatic heterocycles. The molecule has 1 N–H and O–H groups in total. The minimum atomic E-state index is 1.16. The molecule has 0 radical (unpaired) electrons. The third kappa shape index (κ3) is 2.11. The van der Waals surface area contributed by atoms with Crippen molar-refractivity contribution in [3.8, 4) is 0 Å². The molecule has 0 fully saturated rings. The van der Waals surface area contributed by atoms with Crippen LogP contribution in [0, 0.1) is 6.92 Å². The first-order chi connectivity index (χ1) is 10.8. The zero-order valence-electron chi connectivity index (χ0n) is 12.5. The fraction of sp³-hybridized carbons (Fsp3) is 0.0476. The van der Waals surface area contributed by atoms with E-state index in [1.54, 1.807) is 0 Å². The van der Waals surface area contributed by atoms with Crippen LogP contribution in [0.5, 0.6) is 0 Å². The van der Waals surface area contributed by atoms with E-state index in [9.17, 15) is 0 Å². The molecule has 0 saturated carbocycles. The van der Waals surface area contributed by atoms with Crippen molar-refractivity contribution in [1.29, 1.82) is 0 Å². The number of benzene rings is 4. The molecule has 0 atom stereocenters. The molecular weight excluding hydrogens is 266 g/mol. The SMILES string of the molecule is Cc1ccccc1Nc1cccc2ccc3ccccc3c12. The van der Waals surface area contributed by atoms with E-state index in [2.05, 4.69) is 91.1 Å². The van der Waals surface area contributed by atoms with E-state index >= 15 is 0 Å². The summed E-state index contributed by atoms with van der Waals surface area (Å²) >= 11 is 0. The predicted molar refractivity (Wildman–Crippen MR) is 95.9 cm³/mol. The first-order valence-electron chi connectivity index (χ1n) is 7.56. The highest BCUT2D eigenvalue weighted by molar-refractivity contribution is 6.13. The molecule has 1 heteroatoms. The highest BCUT2D eigenvalue weighted by Crippen LogP contribution is 2.33. The number of hydrogen-bond donors (Lipinski definition) is 1. The van der Waals surface area contributed by atoms with Crippen LogP contribution >= 0.6 is 0 Å². The van der Waals surface area contributed by atoms with Crippen LogP contribution in [0.2, 0.25) is 0 Å². The van der Waals surface area contributed by atoms with Gasteiger partial charge in [-0.15, -0.1) is 0 Å². The summed E-state index contributed by atoms with van der Waals surface area (Å²) in [5.41, 5.74) is 3.56. The minimum Gasteiger partial charge on any atom is -0.355 e. The zero-order valence-corrected chi connectivity index (χ0v) is 12.5. The molecule has 0 amide bonds. The fourth-order valence-corrected chi connectivity index (χ4v) is 3.02. The van der Waals surface area contributed by atoms with Crippen LogP contribution in [-0.4, -0.2) is 0 Å². The van der Waals surface area contributed by atoms with Crippen molar-refractivity contribution in [1.82, 2.24) is 0 Å². The van der Waals surface area contributed by atoms with E-state index in [-0.39, 0.29) is 0 Å². The molecule has 4 aromatic rings. The Bertz CT molecular complexity index is 970. The molecule has 106 valence electrons. The molecule has 4 aromatic carbocycles. The van der Waals surface area contributed by atoms with Gasteiger partial charge in [-0.25, -0.2) is 0 Å². The topological polar surface area (TPSA) is 12.0 Å². The second-order valence-corrected chi connectivity index (χ2v) is 5.63. The third-order valence-corrected chi connectivity index (χ3v) is 4.18. The van der Waals surface area contributed by atoms with Crippen LogP contribution in [-0.2, 0) is 0 Å². The monoisotopic (exact) mass is 283 g/mol. The molecule has 0 heterocycles. The number of aryl methyl sites for hydroxylation is 1. The predicted octanol–water partition coefficient (Wildman–Crippen LogP) is 6.05. The molecule has 0 bridgehead atoms. The Hall–Kier alpha value is -2.80. The lowest BCUT2D eigenvalue weighted by Gasteiger charge is -2.14. The molecule has 0 unspecified atom stereocenters. The summed E-state index contributed by atoms with van der Waals surface area (Å²) < 4.78 is 0. The number of fused-ring (bicyclic) bond motifs is 3. The molecule has 1 nitrogen and oxygen atoms in total. The average molecular weight is 283 g/mol. The van der Waals surface area contributed by atoms with E-state index in [0.29, 0.717) is 0 Å². The maximum atomic E-state index is 3.61. The van der Waals surface area contributed by atoms with Crippen molar-refractivity contribution in [2.24, 2.45) is 0 Å². The van der Waals surface area contributed by atoms with Gasteiger partial charge >= 0.3 is 0 Å². The Morgan fingerprint density at radius 2 is 1.27 bits per heavy atom. The van der Waals surface area contributed by atoms with Crippen molar-refractivity contribution < 1.29 is 0 Å². The largest absolute Gasteiger partial charge is 0.355 e. The van der Waals surface area contributed by atoms with E-state index in [0.717, 1.165) is 11.4 Å². The highest BCUT2D eigenvalue weighted by atomic mass is 14.9. The van der Waals surface area contributed by atoms with Gasteiger partial charge in [0, 0.05) is 16.8 Å². The van der Waals surface area contributed by atoms with E-state index < -0.39 is 0 Å². The molecule has 0 spiro atoms. The molecule has 0 aliphatic carbocycles. The summed E-state index contributed by atoms with van der Waals surface area (Å²) in [7, 11) is 0. The third-order valence-electron chi connectivity index (χ3n) is 4.18. The summed E-state index contributed by atoms with van der Waals surface area (Å²) in [5, 5.41) is 8.71. The number of rotatable bonds is 2. The van der Waals surface area contributed by atoms with Gasteiger partial charge in [0.2, 0.25) is 0 Å². The van der Waals surface area contributed by atoms with E-state index in [1.807, 2.05) is 0 Å². The first kappa shape index (κ1) is 12.9. The molecule has 0 aliphatic heterocycles. The number of hydrogen-bond acceptors (Lipinski definition) is 1. The van der Waals surface area contributed by atoms with Crippen LogP contribution < -0.4 is 5.32 Å². The maximum absolute atomic E-state index is 3.61. The molecule has 4 rings (SSSR count). The van der Waals surface area contributed by atoms with Crippen LogP contribution in [0.4, 0.5) is 11.4 Å². The number of anilines is 2. The maximum Gasteiger partial charge on any atom is 0.0470 e. The smallest absolute Gasteiger partial charge is 0.0470 e. The second kappa shape index (κ2) is 5.19. The fourth-order valence-electron chi connectivity index (χ4n) is 3.02. The lowest BCUT2D eigenvalue weighted by Crippen LogP contribution is -1.94. The summed E-state index contributed by atoms with van der Waals surface area (Å²) in [4.78, 5) is 0. The van der Waals surface area contributed by atoms with E-state index in [1.165, 1.54) is 27.1 Å². The first-order valence-corrected chi connectivity index (χ1v) is 7.56. The van der Waals surface area contributed by atoms with Crippen molar-refractivity contribution >= 4 is 32.9 Å². The summed E-state index contributed by atoms with van der Waals surface area (Å²) in [5.74, 6) is 0. The van der Waals surface area contributed by atoms with Crippen LogP contribution in [0.25, 0.3) is 21.5 Å². The Labute approximate surface area is 130 Å². The Morgan fingerprint density at radius 1 is 0.591 bits per heavy atom. The van der Waals surface area contributed by atoms with Gasteiger partial charge in [0.15, 0.2) is 0 Å². The van der Waals surface area contributed by atoms with Gasteiger partial charge in [0.25, 0.3) is 0 Å². The van der Waals surface area contributed by atoms with Gasteiger partial charge in [-0.1, -0.05) is 66.7 Å². The van der Waals surface area contributed by atoms with Crippen molar-refractivity contribution in [3.63, 3.8) is 0 Å². The normalized spacial score (nSPS) is 11.0. The Balaban J connectivity index is 1.98. The van der Waals surface area contributed by atoms with Crippen molar-refractivity contribution in [3.05, 3.63) is 84.4 Å². The van der Waals surface area contributed by atoms with Gasteiger partial charge in [-0.2, -0.15) is 0 Å². The lowest BCUT2D eigenvalue weighted by molar-refractivity contribution is 1.44. The Morgan fingerprint density at radius 3 is 2.18 bits per heavy atom. The second-order valence-electron chi connectivity index (χ2n) is 5.63. The average Bonchev–Trinajstić information content (AvgIpc) is 2.57. The standard InChI is InChI=1S/C21H17N/c1-15-7-2-5-11-19(15)22-20-12-6-9-17-14-13-16-8-3-4-10-18(16)21(17)20/h2-14,22H,1H3. The number of nitrogens with one attached hydrogen (secondary N) is 1. The lowest BCUT2D eigenvalue weighted by atomic mass is 10.0. The Kier molecular flexibility index (Phi) is 3.05. The molecule has 22 heavy (non-hydrogen) atoms. The van der Waals surface area contributed by atoms with E-state index in [4.69, 9.17) is 0 Å². The highest BCUT2D eigenvalue weighted by Gasteiger charge is 2.06. The minimum absolute atomic E-state index is 1.16. The van der Waals surface area contributed by atoms with Crippen LogP contribution in [0.15, 0.2) is 78.9 Å². The van der Waals surface area contributed by atoms with Gasteiger partial charge in [0.05, 0.1) is 0 Å². The van der Waals surface area contributed by atoms with Crippen molar-refractivity contribution in [2.75, 3.05) is 5.32 Å². The van der Waals surface area contributed by atoms with Crippen LogP contribution in [0.3, 0.4) is 0 Å². The van der Waals surface area contributed by atoms with Gasteiger partial charge in [-0.05, 0) is 40.8 Å². The zero-order chi connectivity index (χ0) is 14.9. The van der Waals surface area contributed by atoms with Gasteiger partial charge < -0.3 is 5.32 Å². The summed E-state index contributed by atoms with van der Waals surface area (Å²) in [6, 6.07) is 27.8.